The summed E-state index contributed by atoms with van der Waals surface area (Å²) in [5, 5.41) is -0.130. The van der Waals surface area contributed by atoms with E-state index in [4.69, 9.17) is 17.5 Å². The normalized spacial score (nSPS) is 12.2. The molecule has 0 radical (unpaired) electrons. The molecule has 0 aliphatic carbocycles. The summed E-state index contributed by atoms with van der Waals surface area (Å²) < 4.78 is 77.0. The minimum Gasteiger partial charge on any atom is -0.490 e. The monoisotopic (exact) mass is 816 g/mol. The van der Waals surface area contributed by atoms with Crippen LogP contribution in [0, 0.1) is 0 Å². The molecular formula is C35H30Br2O9S2. The van der Waals surface area contributed by atoms with E-state index in [1.165, 1.54) is 66.2 Å². The van der Waals surface area contributed by atoms with Crippen LogP contribution in [-0.4, -0.2) is 23.4 Å². The first-order valence-corrected chi connectivity index (χ1v) is 19.0. The average molecular weight is 819 g/mol. The summed E-state index contributed by atoms with van der Waals surface area (Å²) in [5.74, 6) is -0.415. The fourth-order valence-electron chi connectivity index (χ4n) is 4.62. The lowest BCUT2D eigenvalue weighted by atomic mass is 10.1. The molecule has 0 saturated heterocycles. The second-order valence-electron chi connectivity index (χ2n) is 11.0. The number of halogens is 2. The van der Waals surface area contributed by atoms with Gasteiger partial charge in [-0.3, -0.25) is 4.79 Å². The van der Waals surface area contributed by atoms with Crippen molar-refractivity contribution in [3.05, 3.63) is 121 Å². The van der Waals surface area contributed by atoms with Gasteiger partial charge < -0.3 is 17.5 Å². The lowest BCUT2D eigenvalue weighted by Crippen LogP contribution is -2.14. The van der Waals surface area contributed by atoms with Crippen molar-refractivity contribution in [2.75, 3.05) is 6.61 Å². The molecule has 0 unspecified atom stereocenters. The lowest BCUT2D eigenvalue weighted by Gasteiger charge is -2.13. The van der Waals surface area contributed by atoms with E-state index in [9.17, 15) is 21.6 Å². The van der Waals surface area contributed by atoms with E-state index in [-0.39, 0.29) is 44.1 Å². The number of rotatable bonds is 12. The maximum absolute atomic E-state index is 14.0. The van der Waals surface area contributed by atoms with Gasteiger partial charge in [0.2, 0.25) is 5.43 Å². The van der Waals surface area contributed by atoms with Crippen molar-refractivity contribution in [1.82, 2.24) is 0 Å². The summed E-state index contributed by atoms with van der Waals surface area (Å²) in [6.07, 6.45) is 5.96. The Balaban J connectivity index is 1.56. The van der Waals surface area contributed by atoms with Gasteiger partial charge >= 0.3 is 20.2 Å². The molecule has 48 heavy (non-hydrogen) atoms. The van der Waals surface area contributed by atoms with E-state index in [2.05, 4.69) is 51.8 Å². The van der Waals surface area contributed by atoms with Crippen molar-refractivity contribution in [3.63, 3.8) is 0 Å². The number of ether oxygens (including phenoxy) is 1. The summed E-state index contributed by atoms with van der Waals surface area (Å²) >= 11 is 6.53. The third kappa shape index (κ3) is 8.56. The number of benzene rings is 4. The van der Waals surface area contributed by atoms with Crippen molar-refractivity contribution in [2.45, 2.75) is 43.4 Å². The van der Waals surface area contributed by atoms with Gasteiger partial charge in [-0.05, 0) is 106 Å². The first kappa shape index (κ1) is 35.4. The Morgan fingerprint density at radius 2 is 1.33 bits per heavy atom. The Labute approximate surface area is 295 Å². The van der Waals surface area contributed by atoms with Crippen LogP contribution < -0.4 is 18.5 Å². The van der Waals surface area contributed by atoms with Crippen LogP contribution in [0.4, 0.5) is 0 Å². The number of hydrogen-bond donors (Lipinski definition) is 0. The fraction of sp³-hybridized carbons (Fsp3) is 0.171. The van der Waals surface area contributed by atoms with Gasteiger partial charge in [0, 0.05) is 21.1 Å². The van der Waals surface area contributed by atoms with Crippen molar-refractivity contribution in [2.24, 2.45) is 0 Å². The van der Waals surface area contributed by atoms with Crippen LogP contribution in [0.2, 0.25) is 0 Å². The molecule has 9 nitrogen and oxygen atoms in total. The molecule has 1 aromatic heterocycles. The van der Waals surface area contributed by atoms with Crippen LogP contribution in [-0.2, 0) is 20.2 Å². The van der Waals surface area contributed by atoms with Gasteiger partial charge in [-0.25, -0.2) is 0 Å². The minimum absolute atomic E-state index is 0.103. The van der Waals surface area contributed by atoms with Gasteiger partial charge in [-0.1, -0.05) is 49.1 Å². The number of allylic oxidation sites excluding steroid dienone is 3. The standard InChI is InChI=1S/C35H30Br2O9S2/c1-22(2)5-4-6-23(3)17-18-43-26-11-16-31-30(19-26)35(38)34-32(44-31)20-27(45-47(39,40)28-12-7-24(36)8-13-28)21-33(34)46-48(41,42)29-14-9-25(37)10-15-29/h5,7-17,19-21H,4,6,18H2,1-3H3/b23-17+. The Bertz CT molecular complexity index is 2320. The zero-order valence-corrected chi connectivity index (χ0v) is 30.8. The molecular weight excluding hydrogens is 788 g/mol. The lowest BCUT2D eigenvalue weighted by molar-refractivity contribution is 0.362. The first-order chi connectivity index (χ1) is 22.7. The third-order valence-electron chi connectivity index (χ3n) is 7.07. The molecule has 5 rings (SSSR count). The van der Waals surface area contributed by atoms with E-state index < -0.39 is 31.4 Å². The first-order valence-electron chi connectivity index (χ1n) is 14.6. The van der Waals surface area contributed by atoms with Crippen molar-refractivity contribution in [3.8, 4) is 17.2 Å². The predicted octanol–water partition coefficient (Wildman–Crippen LogP) is 9.08. The highest BCUT2D eigenvalue weighted by molar-refractivity contribution is 9.10. The molecule has 1 heterocycles. The zero-order valence-electron chi connectivity index (χ0n) is 26.0. The molecule has 0 spiro atoms. The third-order valence-corrected chi connectivity index (χ3v) is 10.6. The highest BCUT2D eigenvalue weighted by atomic mass is 79.9. The summed E-state index contributed by atoms with van der Waals surface area (Å²) in [6.45, 7) is 6.41. The smallest absolute Gasteiger partial charge is 0.339 e. The van der Waals surface area contributed by atoms with E-state index in [0.29, 0.717) is 14.7 Å². The largest absolute Gasteiger partial charge is 0.490 e. The summed E-state index contributed by atoms with van der Waals surface area (Å²) in [7, 11) is -8.87. The molecule has 250 valence electrons. The summed E-state index contributed by atoms with van der Waals surface area (Å²) in [6, 6.07) is 18.3. The van der Waals surface area contributed by atoms with Gasteiger partial charge in [0.05, 0.1) is 5.39 Å². The van der Waals surface area contributed by atoms with Gasteiger partial charge in [0.15, 0.2) is 11.5 Å². The Kier molecular flexibility index (Phi) is 10.8. The number of fused-ring (bicyclic) bond motifs is 2. The number of hydrogen-bond acceptors (Lipinski definition) is 9. The highest BCUT2D eigenvalue weighted by Gasteiger charge is 2.25. The Hall–Kier alpha value is -3.91. The maximum Gasteiger partial charge on any atom is 0.339 e. The van der Waals surface area contributed by atoms with Crippen LogP contribution in [0.3, 0.4) is 0 Å². The summed E-state index contributed by atoms with van der Waals surface area (Å²) in [5.41, 5.74) is 1.81. The molecule has 0 N–H and O–H groups in total. The van der Waals surface area contributed by atoms with Crippen molar-refractivity contribution >= 4 is 74.0 Å². The van der Waals surface area contributed by atoms with Gasteiger partial charge in [0.25, 0.3) is 0 Å². The summed E-state index contributed by atoms with van der Waals surface area (Å²) in [4.78, 5) is 13.6. The predicted molar refractivity (Wildman–Crippen MR) is 192 cm³/mol. The zero-order chi connectivity index (χ0) is 34.6. The van der Waals surface area contributed by atoms with Gasteiger partial charge in [0.1, 0.15) is 38.7 Å². The molecule has 5 aromatic rings. The van der Waals surface area contributed by atoms with Crippen LogP contribution in [0.15, 0.2) is 130 Å². The topological polar surface area (TPSA) is 126 Å². The Morgan fingerprint density at radius 1 is 0.729 bits per heavy atom. The molecule has 0 aliphatic rings. The molecule has 4 aromatic carbocycles. The second kappa shape index (κ2) is 14.7. The van der Waals surface area contributed by atoms with Crippen molar-refractivity contribution in [1.29, 1.82) is 0 Å². The highest BCUT2D eigenvalue weighted by Crippen LogP contribution is 2.35. The average Bonchev–Trinajstić information content (AvgIpc) is 3.01. The Morgan fingerprint density at radius 3 is 1.94 bits per heavy atom. The molecule has 0 saturated carbocycles. The quantitative estimate of drug-likeness (QED) is 0.0689. The van der Waals surface area contributed by atoms with E-state index in [1.807, 2.05) is 13.0 Å². The van der Waals surface area contributed by atoms with Crippen molar-refractivity contribution < 1.29 is 34.4 Å². The van der Waals surface area contributed by atoms with E-state index >= 15 is 0 Å². The molecule has 0 atom stereocenters. The SMILES string of the molecule is CC(C)=CCC/C(C)=C/COc1ccc2oc3cc(OS(=O)(=O)c4ccc(Br)cc4)cc(OS(=O)(=O)c4ccc(Br)cc4)c3c(=O)c2c1. The van der Waals surface area contributed by atoms with Crippen LogP contribution in [0.1, 0.15) is 33.6 Å². The van der Waals surface area contributed by atoms with Gasteiger partial charge in [-0.15, -0.1) is 0 Å². The van der Waals surface area contributed by atoms with Crippen LogP contribution in [0.5, 0.6) is 17.2 Å². The molecule has 0 aliphatic heterocycles. The van der Waals surface area contributed by atoms with Gasteiger partial charge in [-0.2, -0.15) is 16.8 Å². The van der Waals surface area contributed by atoms with Crippen LogP contribution >= 0.6 is 31.9 Å². The minimum atomic E-state index is -4.50. The fourth-order valence-corrected chi connectivity index (χ4v) is 6.99. The van der Waals surface area contributed by atoms with E-state index in [0.717, 1.165) is 24.5 Å². The maximum atomic E-state index is 14.0. The van der Waals surface area contributed by atoms with E-state index in [1.54, 1.807) is 12.1 Å². The molecule has 13 heteroatoms. The second-order valence-corrected chi connectivity index (χ2v) is 16.0. The molecule has 0 fully saturated rings. The van der Waals surface area contributed by atoms with Crippen LogP contribution in [0.25, 0.3) is 21.9 Å². The molecule has 0 amide bonds. The molecule has 0 bridgehead atoms.